The van der Waals surface area contributed by atoms with Crippen molar-refractivity contribution in [1.29, 1.82) is 0 Å². The summed E-state index contributed by atoms with van der Waals surface area (Å²) in [7, 11) is 1.41. The van der Waals surface area contributed by atoms with Crippen LogP contribution in [0.25, 0.3) is 0 Å². The summed E-state index contributed by atoms with van der Waals surface area (Å²) in [5, 5.41) is 7.17. The lowest BCUT2D eigenvalue weighted by atomic mass is 9.88. The Morgan fingerprint density at radius 2 is 1.83 bits per heavy atom. The number of ether oxygens (including phenoxy) is 3. The van der Waals surface area contributed by atoms with Crippen LogP contribution in [0.4, 0.5) is 5.00 Å². The molecule has 10 nitrogen and oxygen atoms in total. The summed E-state index contributed by atoms with van der Waals surface area (Å²) in [6.45, 7) is 4.03. The fraction of sp³-hybridized carbons (Fsp3) is 0.276. The van der Waals surface area contributed by atoms with Gasteiger partial charge in [0.15, 0.2) is 11.5 Å². The topological polar surface area (TPSA) is 132 Å². The molecule has 1 aliphatic rings. The molecule has 0 fully saturated rings. The fourth-order valence-corrected chi connectivity index (χ4v) is 5.75. The molecule has 0 bridgehead atoms. The number of halogens is 1. The molecule has 0 saturated heterocycles. The van der Waals surface area contributed by atoms with Gasteiger partial charge >= 0.3 is 23.8 Å². The Hall–Kier alpha value is -4.22. The minimum atomic E-state index is -1.02. The van der Waals surface area contributed by atoms with Crippen LogP contribution in [0, 0.1) is 5.92 Å². The van der Waals surface area contributed by atoms with Crippen LogP contribution in [0.3, 0.4) is 0 Å². The molecule has 1 heterocycles. The van der Waals surface area contributed by atoms with E-state index < -0.39 is 23.8 Å². The van der Waals surface area contributed by atoms with Crippen LogP contribution in [0.2, 0.25) is 5.02 Å². The number of anilines is 1. The Morgan fingerprint density at radius 1 is 1.07 bits per heavy atom. The second-order valence-electron chi connectivity index (χ2n) is 9.24. The van der Waals surface area contributed by atoms with Gasteiger partial charge in [-0.15, -0.1) is 11.3 Å². The standard InChI is InChI=1S/C29H28ClN3O7S/c1-4-39-29(37)24-20-11-5-16(2)13-23(20)41-27(24)32-25(34)26(35)33-31-15-17-6-12-21(22(14-17)38-3)40-28(36)18-7-9-19(30)10-8-18/h6-10,12,14-16H,4-5,11,13H2,1-3H3,(H,32,34)(H,33,35)/b31-15-/t16-/m0/s1. The molecule has 0 spiro atoms. The molecule has 4 rings (SSSR count). The third-order valence-electron chi connectivity index (χ3n) is 6.27. The second kappa shape index (κ2) is 13.4. The molecule has 3 aromatic rings. The number of amides is 2. The Morgan fingerprint density at radius 3 is 2.54 bits per heavy atom. The molecule has 2 amide bonds. The average molecular weight is 598 g/mol. The van der Waals surface area contributed by atoms with Crippen molar-refractivity contribution in [2.24, 2.45) is 11.0 Å². The van der Waals surface area contributed by atoms with E-state index in [1.807, 2.05) is 0 Å². The molecule has 2 aromatic carbocycles. The highest BCUT2D eigenvalue weighted by Gasteiger charge is 2.30. The molecule has 0 radical (unpaired) electrons. The van der Waals surface area contributed by atoms with Crippen molar-refractivity contribution in [3.8, 4) is 11.5 Å². The number of hydrazone groups is 1. The predicted octanol–water partition coefficient (Wildman–Crippen LogP) is 5.02. The highest BCUT2D eigenvalue weighted by atomic mass is 35.5. The van der Waals surface area contributed by atoms with Crippen molar-refractivity contribution in [2.75, 3.05) is 19.0 Å². The number of hydrogen-bond donors (Lipinski definition) is 2. The number of nitrogens with zero attached hydrogens (tertiary/aromatic N) is 1. The van der Waals surface area contributed by atoms with Crippen LogP contribution in [0.15, 0.2) is 47.6 Å². The van der Waals surface area contributed by atoms with Crippen molar-refractivity contribution in [3.05, 3.63) is 74.6 Å². The van der Waals surface area contributed by atoms with Crippen LogP contribution in [-0.2, 0) is 27.2 Å². The SMILES string of the molecule is CCOC(=O)c1c(NC(=O)C(=O)N/N=C\c2ccc(OC(=O)c3ccc(Cl)cc3)c(OC)c2)sc2c1CC[C@H](C)C2. The van der Waals surface area contributed by atoms with E-state index in [4.69, 9.17) is 25.8 Å². The van der Waals surface area contributed by atoms with Crippen LogP contribution >= 0.6 is 22.9 Å². The third kappa shape index (κ3) is 7.30. The zero-order chi connectivity index (χ0) is 29.5. The average Bonchev–Trinajstić information content (AvgIpc) is 3.30. The lowest BCUT2D eigenvalue weighted by Gasteiger charge is -2.18. The Balaban J connectivity index is 1.40. The number of esters is 2. The summed E-state index contributed by atoms with van der Waals surface area (Å²) >= 11 is 7.15. The monoisotopic (exact) mass is 597 g/mol. The number of carbonyl (C=O) groups is 4. The van der Waals surface area contributed by atoms with E-state index in [9.17, 15) is 19.2 Å². The van der Waals surface area contributed by atoms with Crippen LogP contribution in [0.5, 0.6) is 11.5 Å². The van der Waals surface area contributed by atoms with Gasteiger partial charge in [0, 0.05) is 9.90 Å². The molecule has 1 aromatic heterocycles. The Kier molecular flexibility index (Phi) is 9.74. The van der Waals surface area contributed by atoms with Crippen molar-refractivity contribution >= 4 is 57.9 Å². The van der Waals surface area contributed by atoms with E-state index in [-0.39, 0.29) is 18.1 Å². The van der Waals surface area contributed by atoms with E-state index in [0.717, 1.165) is 23.3 Å². The smallest absolute Gasteiger partial charge is 0.343 e. The van der Waals surface area contributed by atoms with Crippen LogP contribution < -0.4 is 20.2 Å². The number of hydrogen-bond acceptors (Lipinski definition) is 9. The minimum Gasteiger partial charge on any atom is -0.493 e. The molecule has 1 atom stereocenters. The summed E-state index contributed by atoms with van der Waals surface area (Å²) in [5.41, 5.74) is 4.17. The maximum atomic E-state index is 12.6. The molecule has 1 aliphatic carbocycles. The molecular formula is C29H28ClN3O7S. The van der Waals surface area contributed by atoms with E-state index in [1.54, 1.807) is 43.3 Å². The number of nitrogens with one attached hydrogen (secondary N) is 2. The molecular weight excluding hydrogens is 570 g/mol. The zero-order valence-electron chi connectivity index (χ0n) is 22.6. The van der Waals surface area contributed by atoms with Crippen molar-refractivity contribution < 1.29 is 33.4 Å². The Bertz CT molecular complexity index is 1500. The summed E-state index contributed by atoms with van der Waals surface area (Å²) in [6, 6.07) is 10.9. The maximum Gasteiger partial charge on any atom is 0.343 e. The maximum absolute atomic E-state index is 12.6. The Labute approximate surface area is 245 Å². The molecule has 2 N–H and O–H groups in total. The number of fused-ring (bicyclic) bond motifs is 1. The highest BCUT2D eigenvalue weighted by Crippen LogP contribution is 2.40. The van der Waals surface area contributed by atoms with Gasteiger partial charge in [-0.2, -0.15) is 5.10 Å². The minimum absolute atomic E-state index is 0.179. The predicted molar refractivity (Wildman–Crippen MR) is 155 cm³/mol. The highest BCUT2D eigenvalue weighted by molar-refractivity contribution is 7.17. The molecule has 0 saturated carbocycles. The summed E-state index contributed by atoms with van der Waals surface area (Å²) in [6.07, 6.45) is 3.72. The van der Waals surface area contributed by atoms with Gasteiger partial charge in [0.05, 0.1) is 31.1 Å². The van der Waals surface area contributed by atoms with Gasteiger partial charge in [0.25, 0.3) is 0 Å². The summed E-state index contributed by atoms with van der Waals surface area (Å²) in [4.78, 5) is 51.2. The van der Waals surface area contributed by atoms with Gasteiger partial charge < -0.3 is 19.5 Å². The van der Waals surface area contributed by atoms with Gasteiger partial charge in [-0.25, -0.2) is 15.0 Å². The van der Waals surface area contributed by atoms with Gasteiger partial charge in [0.1, 0.15) is 5.00 Å². The number of benzene rings is 2. The molecule has 214 valence electrons. The van der Waals surface area contributed by atoms with E-state index in [2.05, 4.69) is 22.8 Å². The first kappa shape index (κ1) is 29.8. The van der Waals surface area contributed by atoms with Crippen LogP contribution in [0.1, 0.15) is 57.0 Å². The zero-order valence-corrected chi connectivity index (χ0v) is 24.2. The molecule has 41 heavy (non-hydrogen) atoms. The molecule has 0 aliphatic heterocycles. The van der Waals surface area contributed by atoms with E-state index >= 15 is 0 Å². The van der Waals surface area contributed by atoms with Gasteiger partial charge in [-0.05, 0) is 85.7 Å². The fourth-order valence-electron chi connectivity index (χ4n) is 4.23. The first-order valence-corrected chi connectivity index (χ1v) is 14.0. The number of thiophene rings is 1. The first-order valence-electron chi connectivity index (χ1n) is 12.8. The molecule has 0 unspecified atom stereocenters. The molecule has 12 heteroatoms. The van der Waals surface area contributed by atoms with Crippen LogP contribution in [-0.4, -0.2) is 43.7 Å². The normalized spacial score (nSPS) is 14.2. The van der Waals surface area contributed by atoms with Gasteiger partial charge in [0.2, 0.25) is 0 Å². The first-order chi connectivity index (χ1) is 19.7. The van der Waals surface area contributed by atoms with E-state index in [1.165, 1.54) is 30.7 Å². The lowest BCUT2D eigenvalue weighted by Crippen LogP contribution is -2.32. The second-order valence-corrected chi connectivity index (χ2v) is 10.8. The summed E-state index contributed by atoms with van der Waals surface area (Å²) in [5.74, 6) is -2.21. The van der Waals surface area contributed by atoms with Gasteiger partial charge in [-0.3, -0.25) is 9.59 Å². The summed E-state index contributed by atoms with van der Waals surface area (Å²) < 4.78 is 15.9. The third-order valence-corrected chi connectivity index (χ3v) is 7.70. The van der Waals surface area contributed by atoms with Gasteiger partial charge in [-0.1, -0.05) is 18.5 Å². The largest absolute Gasteiger partial charge is 0.493 e. The van der Waals surface area contributed by atoms with Crippen molar-refractivity contribution in [1.82, 2.24) is 5.43 Å². The number of rotatable bonds is 8. The number of methoxy groups -OCH3 is 1. The quantitative estimate of drug-likeness (QED) is 0.122. The number of carbonyl (C=O) groups excluding carboxylic acids is 4. The lowest BCUT2D eigenvalue weighted by molar-refractivity contribution is -0.136. The van der Waals surface area contributed by atoms with Crippen molar-refractivity contribution in [3.63, 3.8) is 0 Å². The van der Waals surface area contributed by atoms with E-state index in [0.29, 0.717) is 39.1 Å². The van der Waals surface area contributed by atoms with Crippen molar-refractivity contribution in [2.45, 2.75) is 33.1 Å².